The van der Waals surface area contributed by atoms with Gasteiger partial charge in [0.05, 0.1) is 4.90 Å². The maximum atomic E-state index is 12.8. The van der Waals surface area contributed by atoms with Crippen molar-refractivity contribution in [3.8, 4) is 0 Å². The molecule has 0 fully saturated rings. The first-order valence-electron chi connectivity index (χ1n) is 9.31. The summed E-state index contributed by atoms with van der Waals surface area (Å²) >= 11 is 0. The van der Waals surface area contributed by atoms with Gasteiger partial charge in [0.1, 0.15) is 0 Å². The predicted octanol–water partition coefficient (Wildman–Crippen LogP) is 3.96. The molecule has 3 rings (SSSR count). The number of carbonyl (C=O) groups is 1. The fourth-order valence-corrected chi connectivity index (χ4v) is 5.42. The molecule has 0 saturated heterocycles. The average molecular weight is 377 g/mol. The predicted molar refractivity (Wildman–Crippen MR) is 104 cm³/mol. The number of hydrogen-bond donors (Lipinski definition) is 2. The molecule has 1 heterocycles. The molecule has 0 radical (unpaired) electrons. The number of aromatic amines is 1. The van der Waals surface area contributed by atoms with Crippen LogP contribution in [0.1, 0.15) is 69.1 Å². The number of Topliss-reactive ketones (excluding diaryl/α,β-unsaturated/α-hetero) is 1. The van der Waals surface area contributed by atoms with Crippen LogP contribution in [0.4, 0.5) is 0 Å². The van der Waals surface area contributed by atoms with Crippen LogP contribution in [0.15, 0.2) is 17.0 Å². The van der Waals surface area contributed by atoms with Crippen LogP contribution in [0, 0.1) is 5.41 Å². The van der Waals surface area contributed by atoms with E-state index in [1.54, 1.807) is 6.07 Å². The standard InChI is InChI=1S/C20H28N2O3S/c1-6-12(3)22-26(24,25)18-9-15-14(8-13(18)7-2)19-16(21-15)10-20(4,5)11-17(19)23/h8-9,12,21-22H,6-7,10-11H2,1-5H3/t12-/m1/s1. The topological polar surface area (TPSA) is 79.0 Å². The highest BCUT2D eigenvalue weighted by molar-refractivity contribution is 7.89. The largest absolute Gasteiger partial charge is 0.358 e. The van der Waals surface area contributed by atoms with Crippen LogP contribution < -0.4 is 4.72 Å². The van der Waals surface area contributed by atoms with Crippen LogP contribution in [-0.2, 0) is 22.9 Å². The summed E-state index contributed by atoms with van der Waals surface area (Å²) in [6, 6.07) is 3.45. The van der Waals surface area contributed by atoms with E-state index in [0.29, 0.717) is 17.7 Å². The fourth-order valence-electron chi connectivity index (χ4n) is 3.78. The van der Waals surface area contributed by atoms with E-state index in [1.807, 2.05) is 26.8 Å². The van der Waals surface area contributed by atoms with Crippen LogP contribution in [0.2, 0.25) is 0 Å². The molecule has 0 aliphatic heterocycles. The van der Waals surface area contributed by atoms with Gasteiger partial charge in [-0.25, -0.2) is 13.1 Å². The molecule has 0 amide bonds. The molecule has 142 valence electrons. The number of fused-ring (bicyclic) bond motifs is 3. The van der Waals surface area contributed by atoms with Crippen molar-refractivity contribution in [1.82, 2.24) is 9.71 Å². The first-order valence-corrected chi connectivity index (χ1v) is 10.8. The van der Waals surface area contributed by atoms with Gasteiger partial charge in [0.25, 0.3) is 0 Å². The van der Waals surface area contributed by atoms with Gasteiger partial charge >= 0.3 is 0 Å². The average Bonchev–Trinajstić information content (AvgIpc) is 2.88. The number of sulfonamides is 1. The van der Waals surface area contributed by atoms with Gasteiger partial charge in [-0.05, 0) is 49.3 Å². The Labute approximate surface area is 155 Å². The third kappa shape index (κ3) is 3.32. The van der Waals surface area contributed by atoms with Crippen molar-refractivity contribution in [1.29, 1.82) is 0 Å². The molecule has 0 spiro atoms. The molecule has 0 unspecified atom stereocenters. The summed E-state index contributed by atoms with van der Waals surface area (Å²) in [6.07, 6.45) is 2.62. The summed E-state index contributed by atoms with van der Waals surface area (Å²) in [5.41, 5.74) is 3.06. The van der Waals surface area contributed by atoms with Crippen molar-refractivity contribution in [2.24, 2.45) is 5.41 Å². The zero-order valence-corrected chi connectivity index (χ0v) is 17.0. The van der Waals surface area contributed by atoms with Crippen molar-refractivity contribution in [3.05, 3.63) is 29.0 Å². The zero-order chi connectivity index (χ0) is 19.3. The van der Waals surface area contributed by atoms with E-state index in [2.05, 4.69) is 23.6 Å². The number of carbonyl (C=O) groups excluding carboxylic acids is 1. The molecule has 1 aliphatic carbocycles. The van der Waals surface area contributed by atoms with E-state index in [-0.39, 0.29) is 17.2 Å². The van der Waals surface area contributed by atoms with Crippen LogP contribution in [0.25, 0.3) is 10.9 Å². The second-order valence-electron chi connectivity index (χ2n) is 8.21. The minimum absolute atomic E-state index is 0.0778. The van der Waals surface area contributed by atoms with Gasteiger partial charge in [-0.3, -0.25) is 4.79 Å². The van der Waals surface area contributed by atoms with Crippen molar-refractivity contribution in [2.75, 3.05) is 0 Å². The van der Waals surface area contributed by atoms with Gasteiger partial charge in [-0.2, -0.15) is 0 Å². The third-order valence-electron chi connectivity index (χ3n) is 5.27. The van der Waals surface area contributed by atoms with Gasteiger partial charge in [0, 0.05) is 34.6 Å². The van der Waals surface area contributed by atoms with E-state index in [9.17, 15) is 13.2 Å². The number of rotatable bonds is 5. The van der Waals surface area contributed by atoms with E-state index in [4.69, 9.17) is 0 Å². The van der Waals surface area contributed by atoms with E-state index in [0.717, 1.165) is 40.6 Å². The molecule has 6 heteroatoms. The maximum absolute atomic E-state index is 12.8. The second-order valence-corrected chi connectivity index (χ2v) is 9.89. The van der Waals surface area contributed by atoms with Crippen LogP contribution in [-0.4, -0.2) is 25.2 Å². The Morgan fingerprint density at radius 2 is 1.92 bits per heavy atom. The second kappa shape index (κ2) is 6.50. The highest BCUT2D eigenvalue weighted by Crippen LogP contribution is 2.39. The lowest BCUT2D eigenvalue weighted by molar-refractivity contribution is 0.0913. The summed E-state index contributed by atoms with van der Waals surface area (Å²) < 4.78 is 28.4. The number of H-pyrrole nitrogens is 1. The Morgan fingerprint density at radius 1 is 1.23 bits per heavy atom. The SMILES string of the molecule is CCc1cc2c3c([nH]c2cc1S(=O)(=O)N[C@H](C)CC)CC(C)(C)CC3=O. The van der Waals surface area contributed by atoms with Crippen LogP contribution >= 0.6 is 0 Å². The Hall–Kier alpha value is -1.66. The molecule has 26 heavy (non-hydrogen) atoms. The molecule has 1 aromatic heterocycles. The summed E-state index contributed by atoms with van der Waals surface area (Å²) in [7, 11) is -3.60. The van der Waals surface area contributed by atoms with E-state index >= 15 is 0 Å². The highest BCUT2D eigenvalue weighted by atomic mass is 32.2. The molecule has 2 aromatic rings. The van der Waals surface area contributed by atoms with Crippen molar-refractivity contribution in [3.63, 3.8) is 0 Å². The molecule has 5 nitrogen and oxygen atoms in total. The Balaban J connectivity index is 2.18. The first kappa shape index (κ1) is 19.1. The van der Waals surface area contributed by atoms with Crippen molar-refractivity contribution < 1.29 is 13.2 Å². The molecule has 1 aliphatic rings. The van der Waals surface area contributed by atoms with Crippen LogP contribution in [0.3, 0.4) is 0 Å². The van der Waals surface area contributed by atoms with Gasteiger partial charge in [0.15, 0.2) is 5.78 Å². The summed E-state index contributed by atoms with van der Waals surface area (Å²) in [5, 5.41) is 0.847. The smallest absolute Gasteiger partial charge is 0.241 e. The molecule has 1 aromatic carbocycles. The molecule has 0 bridgehead atoms. The van der Waals surface area contributed by atoms with Crippen molar-refractivity contribution >= 4 is 26.7 Å². The number of benzene rings is 1. The Bertz CT molecular complexity index is 971. The number of hydrogen-bond acceptors (Lipinski definition) is 3. The number of aryl methyl sites for hydroxylation is 1. The summed E-state index contributed by atoms with van der Waals surface area (Å²) in [6.45, 7) is 9.91. The number of aromatic nitrogens is 1. The lowest BCUT2D eigenvalue weighted by Crippen LogP contribution is -2.32. The summed E-state index contributed by atoms with van der Waals surface area (Å²) in [5.74, 6) is 0.137. The third-order valence-corrected chi connectivity index (χ3v) is 6.94. The number of nitrogens with one attached hydrogen (secondary N) is 2. The Morgan fingerprint density at radius 3 is 2.54 bits per heavy atom. The highest BCUT2D eigenvalue weighted by Gasteiger charge is 2.34. The number of ketones is 1. The maximum Gasteiger partial charge on any atom is 0.241 e. The molecular formula is C20H28N2O3S. The van der Waals surface area contributed by atoms with Gasteiger partial charge in [-0.15, -0.1) is 0 Å². The van der Waals surface area contributed by atoms with Gasteiger partial charge in [0.2, 0.25) is 10.0 Å². The normalized spacial score (nSPS) is 18.1. The molecular weight excluding hydrogens is 348 g/mol. The van der Waals surface area contributed by atoms with Gasteiger partial charge in [-0.1, -0.05) is 27.7 Å². The zero-order valence-electron chi connectivity index (χ0n) is 16.2. The summed E-state index contributed by atoms with van der Waals surface area (Å²) in [4.78, 5) is 16.3. The Kier molecular flexibility index (Phi) is 4.78. The molecule has 1 atom stereocenters. The van der Waals surface area contributed by atoms with E-state index < -0.39 is 10.0 Å². The quantitative estimate of drug-likeness (QED) is 0.829. The molecule has 0 saturated carbocycles. The monoisotopic (exact) mass is 376 g/mol. The lowest BCUT2D eigenvalue weighted by Gasteiger charge is -2.28. The lowest BCUT2D eigenvalue weighted by atomic mass is 9.76. The van der Waals surface area contributed by atoms with Crippen LogP contribution in [0.5, 0.6) is 0 Å². The van der Waals surface area contributed by atoms with E-state index in [1.165, 1.54) is 0 Å². The fraction of sp³-hybridized carbons (Fsp3) is 0.550. The minimum Gasteiger partial charge on any atom is -0.358 e. The molecule has 2 N–H and O–H groups in total. The minimum atomic E-state index is -3.60. The van der Waals surface area contributed by atoms with Gasteiger partial charge < -0.3 is 4.98 Å². The first-order chi connectivity index (χ1) is 12.1. The van der Waals surface area contributed by atoms with Crippen molar-refractivity contribution in [2.45, 2.75) is 71.2 Å².